The summed E-state index contributed by atoms with van der Waals surface area (Å²) in [5.74, 6) is 1.48. The molecule has 4 nitrogen and oxygen atoms in total. The van der Waals surface area contributed by atoms with Crippen molar-refractivity contribution in [1.82, 2.24) is 10.2 Å². The number of nitriles is 1. The van der Waals surface area contributed by atoms with Gasteiger partial charge in [-0.15, -0.1) is 24.0 Å². The van der Waals surface area contributed by atoms with Crippen molar-refractivity contribution in [1.29, 1.82) is 5.26 Å². The SMILES string of the molecule is CN=C(NCc1ccc(C#N)cc1F)N1CCSC(C)(C)C1.I. The fourth-order valence-corrected chi connectivity index (χ4v) is 3.58. The maximum absolute atomic E-state index is 13.9. The lowest BCUT2D eigenvalue weighted by atomic mass is 10.1. The van der Waals surface area contributed by atoms with E-state index >= 15 is 0 Å². The Kier molecular flexibility index (Phi) is 7.61. The van der Waals surface area contributed by atoms with Gasteiger partial charge >= 0.3 is 0 Å². The van der Waals surface area contributed by atoms with Gasteiger partial charge in [0.25, 0.3) is 0 Å². The predicted molar refractivity (Wildman–Crippen MR) is 105 cm³/mol. The molecule has 1 aromatic rings. The Hall–Kier alpha value is -1.01. The van der Waals surface area contributed by atoms with Crippen LogP contribution in [0.5, 0.6) is 0 Å². The number of hydrogen-bond acceptors (Lipinski definition) is 3. The third kappa shape index (κ3) is 5.53. The highest BCUT2D eigenvalue weighted by molar-refractivity contribution is 14.0. The minimum absolute atomic E-state index is 0. The lowest BCUT2D eigenvalue weighted by Gasteiger charge is -2.39. The van der Waals surface area contributed by atoms with Gasteiger partial charge in [0.2, 0.25) is 0 Å². The van der Waals surface area contributed by atoms with Crippen molar-refractivity contribution >= 4 is 41.7 Å². The molecule has 1 aromatic carbocycles. The molecule has 1 saturated heterocycles. The summed E-state index contributed by atoms with van der Waals surface area (Å²) in [6.07, 6.45) is 0. The van der Waals surface area contributed by atoms with Crippen LogP contribution in [0.2, 0.25) is 0 Å². The van der Waals surface area contributed by atoms with E-state index in [1.165, 1.54) is 6.07 Å². The van der Waals surface area contributed by atoms with Gasteiger partial charge in [-0.3, -0.25) is 4.99 Å². The maximum Gasteiger partial charge on any atom is 0.193 e. The predicted octanol–water partition coefficient (Wildman–Crippen LogP) is 3.22. The van der Waals surface area contributed by atoms with Crippen LogP contribution >= 0.6 is 35.7 Å². The van der Waals surface area contributed by atoms with Crippen molar-refractivity contribution in [2.45, 2.75) is 25.1 Å². The first kappa shape index (κ1) is 20.0. The lowest BCUT2D eigenvalue weighted by molar-refractivity contribution is 0.375. The van der Waals surface area contributed by atoms with Crippen LogP contribution in [0, 0.1) is 17.1 Å². The smallest absolute Gasteiger partial charge is 0.193 e. The molecule has 2 rings (SSSR count). The summed E-state index contributed by atoms with van der Waals surface area (Å²) in [4.78, 5) is 6.51. The first-order valence-electron chi connectivity index (χ1n) is 7.23. The molecule has 0 saturated carbocycles. The normalized spacial score (nSPS) is 17.2. The summed E-state index contributed by atoms with van der Waals surface area (Å²) in [5.41, 5.74) is 0.867. The minimum atomic E-state index is -0.364. The van der Waals surface area contributed by atoms with Crippen molar-refractivity contribution in [3.8, 4) is 6.07 Å². The van der Waals surface area contributed by atoms with Crippen LogP contribution in [-0.4, -0.2) is 41.5 Å². The Morgan fingerprint density at radius 3 is 2.83 bits per heavy atom. The Labute approximate surface area is 158 Å². The van der Waals surface area contributed by atoms with Gasteiger partial charge < -0.3 is 10.2 Å². The van der Waals surface area contributed by atoms with Gasteiger partial charge in [0.15, 0.2) is 5.96 Å². The van der Waals surface area contributed by atoms with Crippen LogP contribution < -0.4 is 5.32 Å². The molecule has 7 heteroatoms. The molecule has 1 aliphatic heterocycles. The van der Waals surface area contributed by atoms with Gasteiger partial charge in [-0.1, -0.05) is 6.07 Å². The van der Waals surface area contributed by atoms with Gasteiger partial charge in [-0.25, -0.2) is 4.39 Å². The van der Waals surface area contributed by atoms with Crippen molar-refractivity contribution in [2.24, 2.45) is 4.99 Å². The highest BCUT2D eigenvalue weighted by Gasteiger charge is 2.28. The number of rotatable bonds is 2. The molecule has 0 amide bonds. The zero-order valence-electron chi connectivity index (χ0n) is 13.6. The van der Waals surface area contributed by atoms with E-state index in [1.54, 1.807) is 19.2 Å². The second-order valence-electron chi connectivity index (χ2n) is 5.85. The standard InChI is InChI=1S/C16H21FN4S.HI/c1-16(2)11-21(6-7-22-16)15(19-3)20-10-13-5-4-12(9-18)8-14(13)17;/h4-5,8H,6-7,10-11H2,1-3H3,(H,19,20);1H. The molecule has 23 heavy (non-hydrogen) atoms. The van der Waals surface area contributed by atoms with E-state index in [4.69, 9.17) is 5.26 Å². The van der Waals surface area contributed by atoms with Gasteiger partial charge in [0, 0.05) is 42.7 Å². The first-order valence-corrected chi connectivity index (χ1v) is 8.22. The summed E-state index contributed by atoms with van der Waals surface area (Å²) >= 11 is 1.96. The van der Waals surface area contributed by atoms with Crippen molar-refractivity contribution in [2.75, 3.05) is 25.9 Å². The topological polar surface area (TPSA) is 51.4 Å². The van der Waals surface area contributed by atoms with E-state index in [0.717, 1.165) is 24.8 Å². The van der Waals surface area contributed by atoms with E-state index in [-0.39, 0.29) is 34.5 Å². The second-order valence-corrected chi connectivity index (χ2v) is 7.65. The number of hydrogen-bond donors (Lipinski definition) is 1. The van der Waals surface area contributed by atoms with Crippen LogP contribution in [0.15, 0.2) is 23.2 Å². The average molecular weight is 448 g/mol. The zero-order chi connectivity index (χ0) is 16.2. The molecule has 0 aliphatic carbocycles. The molecule has 0 spiro atoms. The van der Waals surface area contributed by atoms with E-state index in [2.05, 4.69) is 29.1 Å². The molecular weight excluding hydrogens is 426 g/mol. The number of benzene rings is 1. The molecule has 1 aliphatic rings. The summed E-state index contributed by atoms with van der Waals surface area (Å²) in [5, 5.41) is 12.0. The van der Waals surface area contributed by atoms with Crippen LogP contribution in [0.4, 0.5) is 4.39 Å². The van der Waals surface area contributed by atoms with E-state index < -0.39 is 0 Å². The second kappa shape index (κ2) is 8.73. The Morgan fingerprint density at radius 1 is 1.52 bits per heavy atom. The molecule has 0 atom stereocenters. The summed E-state index contributed by atoms with van der Waals surface area (Å²) in [7, 11) is 1.74. The monoisotopic (exact) mass is 448 g/mol. The molecule has 0 bridgehead atoms. The molecule has 126 valence electrons. The summed E-state index contributed by atoms with van der Waals surface area (Å²) in [6, 6.07) is 6.47. The number of nitrogens with zero attached hydrogens (tertiary/aromatic N) is 3. The van der Waals surface area contributed by atoms with Crippen molar-refractivity contribution in [3.05, 3.63) is 35.1 Å². The van der Waals surface area contributed by atoms with Crippen molar-refractivity contribution < 1.29 is 4.39 Å². The van der Waals surface area contributed by atoms with E-state index in [1.807, 2.05) is 17.8 Å². The highest BCUT2D eigenvalue weighted by atomic mass is 127. The number of aliphatic imine (C=N–C) groups is 1. The van der Waals surface area contributed by atoms with Gasteiger partial charge in [0.05, 0.1) is 11.6 Å². The first-order chi connectivity index (χ1) is 10.4. The van der Waals surface area contributed by atoms with Gasteiger partial charge in [-0.05, 0) is 26.0 Å². The molecule has 1 heterocycles. The van der Waals surface area contributed by atoms with E-state index in [0.29, 0.717) is 17.7 Å². The van der Waals surface area contributed by atoms with E-state index in [9.17, 15) is 4.39 Å². The fourth-order valence-electron chi connectivity index (χ4n) is 2.46. The van der Waals surface area contributed by atoms with Crippen LogP contribution in [0.1, 0.15) is 25.0 Å². The quantitative estimate of drug-likeness (QED) is 0.429. The van der Waals surface area contributed by atoms with Crippen LogP contribution in [-0.2, 0) is 6.54 Å². The third-order valence-corrected chi connectivity index (χ3v) is 4.85. The van der Waals surface area contributed by atoms with Crippen LogP contribution in [0.3, 0.4) is 0 Å². The fraction of sp³-hybridized carbons (Fsp3) is 0.500. The zero-order valence-corrected chi connectivity index (χ0v) is 16.7. The molecule has 1 N–H and O–H groups in total. The minimum Gasteiger partial charge on any atom is -0.352 e. The molecule has 0 unspecified atom stereocenters. The molecule has 0 radical (unpaired) electrons. The Bertz CT molecular complexity index is 613. The molecule has 0 aromatic heterocycles. The number of halogens is 2. The largest absolute Gasteiger partial charge is 0.352 e. The molecule has 1 fully saturated rings. The van der Waals surface area contributed by atoms with Crippen molar-refractivity contribution in [3.63, 3.8) is 0 Å². The Morgan fingerprint density at radius 2 is 2.26 bits per heavy atom. The maximum atomic E-state index is 13.9. The lowest BCUT2D eigenvalue weighted by Crippen LogP contribution is -2.50. The van der Waals surface area contributed by atoms with Gasteiger partial charge in [0.1, 0.15) is 5.82 Å². The number of thioether (sulfide) groups is 1. The Balaban J connectivity index is 0.00000264. The highest BCUT2D eigenvalue weighted by Crippen LogP contribution is 2.29. The third-order valence-electron chi connectivity index (χ3n) is 3.56. The van der Waals surface area contributed by atoms with Gasteiger partial charge in [-0.2, -0.15) is 17.0 Å². The average Bonchev–Trinajstić information content (AvgIpc) is 2.48. The summed E-state index contributed by atoms with van der Waals surface area (Å²) < 4.78 is 14.1. The van der Waals surface area contributed by atoms with Crippen LogP contribution in [0.25, 0.3) is 0 Å². The number of guanidine groups is 1. The molecular formula is C16H22FIN4S. The summed E-state index contributed by atoms with van der Waals surface area (Å²) in [6.45, 7) is 6.64. The number of nitrogens with one attached hydrogen (secondary N) is 1.